The number of ether oxygens (including phenoxy) is 2. The quantitative estimate of drug-likeness (QED) is 0.513. The smallest absolute Gasteiger partial charge is 0.258 e. The van der Waals surface area contributed by atoms with Crippen LogP contribution in [0.1, 0.15) is 26.3 Å². The van der Waals surface area contributed by atoms with Crippen LogP contribution in [0.2, 0.25) is 0 Å². The standard InChI is InChI=1S/C24H21NO4/c1-16-11-12-20(24(27)25-23(26)17-7-3-2-4-8-17)21(13-16)19-9-5-6-10-22(19)29-15-18-14-28-18/h2-13,18H,14-15H2,1H3,(H,25,26,27). The molecule has 0 saturated carbocycles. The first-order chi connectivity index (χ1) is 14.1. The van der Waals surface area contributed by atoms with Crippen molar-refractivity contribution in [3.63, 3.8) is 0 Å². The van der Waals surface area contributed by atoms with Crippen molar-refractivity contribution in [2.75, 3.05) is 13.2 Å². The Labute approximate surface area is 169 Å². The zero-order chi connectivity index (χ0) is 20.2. The number of rotatable bonds is 6. The molecule has 1 fully saturated rings. The predicted molar refractivity (Wildman–Crippen MR) is 110 cm³/mol. The normalized spacial score (nSPS) is 14.9. The van der Waals surface area contributed by atoms with Gasteiger partial charge in [-0.25, -0.2) is 0 Å². The third kappa shape index (κ3) is 4.52. The Kier molecular flexibility index (Phi) is 5.40. The number of epoxide rings is 1. The predicted octanol–water partition coefficient (Wildman–Crippen LogP) is 4.01. The number of hydrogen-bond acceptors (Lipinski definition) is 4. The molecule has 0 radical (unpaired) electrons. The first kappa shape index (κ1) is 18.9. The van der Waals surface area contributed by atoms with Gasteiger partial charge < -0.3 is 9.47 Å². The minimum absolute atomic E-state index is 0.131. The van der Waals surface area contributed by atoms with Gasteiger partial charge in [0.2, 0.25) is 0 Å². The zero-order valence-electron chi connectivity index (χ0n) is 16.1. The van der Waals surface area contributed by atoms with Crippen molar-refractivity contribution < 1.29 is 19.1 Å². The molecule has 1 unspecified atom stereocenters. The van der Waals surface area contributed by atoms with E-state index >= 15 is 0 Å². The molecular weight excluding hydrogens is 366 g/mol. The fraction of sp³-hybridized carbons (Fsp3) is 0.167. The van der Waals surface area contributed by atoms with Crippen molar-refractivity contribution in [3.8, 4) is 16.9 Å². The Morgan fingerprint density at radius 1 is 0.966 bits per heavy atom. The van der Waals surface area contributed by atoms with E-state index in [2.05, 4.69) is 5.32 Å². The maximum atomic E-state index is 12.9. The number of imide groups is 1. The summed E-state index contributed by atoms with van der Waals surface area (Å²) in [7, 11) is 0. The van der Waals surface area contributed by atoms with E-state index in [0.29, 0.717) is 30.1 Å². The van der Waals surface area contributed by atoms with Gasteiger partial charge in [-0.2, -0.15) is 0 Å². The lowest BCUT2D eigenvalue weighted by Gasteiger charge is -2.15. The van der Waals surface area contributed by atoms with Crippen molar-refractivity contribution >= 4 is 11.8 Å². The number of aryl methyl sites for hydroxylation is 1. The highest BCUT2D eigenvalue weighted by Crippen LogP contribution is 2.33. The van der Waals surface area contributed by atoms with E-state index in [0.717, 1.165) is 16.7 Å². The van der Waals surface area contributed by atoms with E-state index in [4.69, 9.17) is 9.47 Å². The van der Waals surface area contributed by atoms with E-state index in [9.17, 15) is 9.59 Å². The fourth-order valence-corrected chi connectivity index (χ4v) is 3.07. The van der Waals surface area contributed by atoms with Gasteiger partial charge in [0, 0.05) is 16.7 Å². The van der Waals surface area contributed by atoms with E-state index in [1.807, 2.05) is 49.4 Å². The molecule has 5 heteroatoms. The molecule has 5 nitrogen and oxygen atoms in total. The van der Waals surface area contributed by atoms with Gasteiger partial charge in [-0.05, 0) is 36.8 Å². The summed E-state index contributed by atoms with van der Waals surface area (Å²) < 4.78 is 11.1. The molecule has 1 aliphatic rings. The monoisotopic (exact) mass is 387 g/mol. The molecular formula is C24H21NO4. The summed E-state index contributed by atoms with van der Waals surface area (Å²) in [6.45, 7) is 3.14. The zero-order valence-corrected chi connectivity index (χ0v) is 16.1. The number of hydrogen-bond donors (Lipinski definition) is 1. The average Bonchev–Trinajstić information content (AvgIpc) is 3.57. The van der Waals surface area contributed by atoms with Gasteiger partial charge in [0.15, 0.2) is 0 Å². The van der Waals surface area contributed by atoms with Crippen molar-refractivity contribution in [3.05, 3.63) is 89.5 Å². The average molecular weight is 387 g/mol. The summed E-state index contributed by atoms with van der Waals surface area (Å²) in [5.41, 5.74) is 3.37. The summed E-state index contributed by atoms with van der Waals surface area (Å²) in [5.74, 6) is -0.205. The number of benzene rings is 3. The Morgan fingerprint density at radius 3 is 2.45 bits per heavy atom. The lowest BCUT2D eigenvalue weighted by Crippen LogP contribution is -2.30. The Morgan fingerprint density at radius 2 is 1.69 bits per heavy atom. The first-order valence-electron chi connectivity index (χ1n) is 9.47. The van der Waals surface area contributed by atoms with Gasteiger partial charge in [-0.1, -0.05) is 54.1 Å². The Hall–Kier alpha value is -3.44. The minimum atomic E-state index is -0.450. The number of carbonyl (C=O) groups is 2. The molecule has 29 heavy (non-hydrogen) atoms. The SMILES string of the molecule is Cc1ccc(C(=O)NC(=O)c2ccccc2)c(-c2ccccc2OCC2CO2)c1. The topological polar surface area (TPSA) is 67.9 Å². The van der Waals surface area contributed by atoms with Gasteiger partial charge in [0.1, 0.15) is 18.5 Å². The van der Waals surface area contributed by atoms with E-state index in [1.165, 1.54) is 0 Å². The van der Waals surface area contributed by atoms with Crippen LogP contribution in [0.25, 0.3) is 11.1 Å². The second kappa shape index (κ2) is 8.29. The number of para-hydroxylation sites is 1. The highest BCUT2D eigenvalue weighted by Gasteiger charge is 2.24. The lowest BCUT2D eigenvalue weighted by atomic mass is 9.96. The molecule has 1 N–H and O–H groups in total. The van der Waals surface area contributed by atoms with Crippen LogP contribution in [-0.2, 0) is 4.74 Å². The van der Waals surface area contributed by atoms with E-state index < -0.39 is 11.8 Å². The molecule has 1 atom stereocenters. The number of amides is 2. The molecule has 0 bridgehead atoms. The van der Waals surface area contributed by atoms with Crippen molar-refractivity contribution in [2.45, 2.75) is 13.0 Å². The van der Waals surface area contributed by atoms with E-state index in [1.54, 1.807) is 30.3 Å². The third-order valence-electron chi connectivity index (χ3n) is 4.69. The van der Waals surface area contributed by atoms with Crippen LogP contribution in [-0.4, -0.2) is 31.1 Å². The Balaban J connectivity index is 1.64. The Bertz CT molecular complexity index is 1040. The second-order valence-corrected chi connectivity index (χ2v) is 6.96. The maximum absolute atomic E-state index is 12.9. The summed E-state index contributed by atoms with van der Waals surface area (Å²) in [6, 6.07) is 21.8. The minimum Gasteiger partial charge on any atom is -0.490 e. The first-order valence-corrected chi connectivity index (χ1v) is 9.47. The second-order valence-electron chi connectivity index (χ2n) is 6.96. The highest BCUT2D eigenvalue weighted by molar-refractivity contribution is 6.13. The molecule has 4 rings (SSSR count). The third-order valence-corrected chi connectivity index (χ3v) is 4.69. The van der Waals surface area contributed by atoms with Crippen LogP contribution in [0.5, 0.6) is 5.75 Å². The van der Waals surface area contributed by atoms with Gasteiger partial charge in [-0.15, -0.1) is 0 Å². The molecule has 146 valence electrons. The molecule has 3 aromatic rings. The molecule has 1 heterocycles. The summed E-state index contributed by atoms with van der Waals surface area (Å²) in [5, 5.41) is 2.48. The highest BCUT2D eigenvalue weighted by atomic mass is 16.6. The molecule has 0 spiro atoms. The van der Waals surface area contributed by atoms with E-state index in [-0.39, 0.29) is 6.10 Å². The van der Waals surface area contributed by atoms with Crippen molar-refractivity contribution in [2.24, 2.45) is 0 Å². The van der Waals surface area contributed by atoms with Crippen LogP contribution >= 0.6 is 0 Å². The maximum Gasteiger partial charge on any atom is 0.258 e. The summed E-state index contributed by atoms with van der Waals surface area (Å²) >= 11 is 0. The van der Waals surface area contributed by atoms with Crippen LogP contribution in [0.15, 0.2) is 72.8 Å². The molecule has 3 aromatic carbocycles. The van der Waals surface area contributed by atoms with Gasteiger partial charge in [0.05, 0.1) is 6.61 Å². The van der Waals surface area contributed by atoms with Crippen LogP contribution in [0.3, 0.4) is 0 Å². The number of carbonyl (C=O) groups excluding carboxylic acids is 2. The summed E-state index contributed by atoms with van der Waals surface area (Å²) in [6.07, 6.45) is 0.131. The van der Waals surface area contributed by atoms with Gasteiger partial charge in [0.25, 0.3) is 11.8 Å². The molecule has 0 aromatic heterocycles. The fourth-order valence-electron chi connectivity index (χ4n) is 3.07. The van der Waals surface area contributed by atoms with Gasteiger partial charge >= 0.3 is 0 Å². The molecule has 2 amide bonds. The van der Waals surface area contributed by atoms with Gasteiger partial charge in [-0.3, -0.25) is 14.9 Å². The molecule has 0 aliphatic carbocycles. The van der Waals surface area contributed by atoms with Crippen LogP contribution in [0.4, 0.5) is 0 Å². The van der Waals surface area contributed by atoms with Crippen LogP contribution in [0, 0.1) is 6.92 Å². The van der Waals surface area contributed by atoms with Crippen LogP contribution < -0.4 is 10.1 Å². The molecule has 1 saturated heterocycles. The number of nitrogens with one attached hydrogen (secondary N) is 1. The van der Waals surface area contributed by atoms with Crippen molar-refractivity contribution in [1.82, 2.24) is 5.32 Å². The largest absolute Gasteiger partial charge is 0.490 e. The summed E-state index contributed by atoms with van der Waals surface area (Å²) in [4.78, 5) is 25.4. The molecule has 1 aliphatic heterocycles. The van der Waals surface area contributed by atoms with Crippen molar-refractivity contribution in [1.29, 1.82) is 0 Å². The lowest BCUT2D eigenvalue weighted by molar-refractivity contribution is 0.0849.